The highest BCUT2D eigenvalue weighted by Gasteiger charge is 2.35. The van der Waals surface area contributed by atoms with Crippen molar-refractivity contribution in [1.82, 2.24) is 4.31 Å². The smallest absolute Gasteiger partial charge is 0.212 e. The molecule has 1 unspecified atom stereocenters. The van der Waals surface area contributed by atoms with E-state index >= 15 is 0 Å². The molecule has 1 aliphatic rings. The molecule has 0 aliphatic carbocycles. The zero-order valence-electron chi connectivity index (χ0n) is 15.6. The van der Waals surface area contributed by atoms with Crippen LogP contribution in [-0.4, -0.2) is 31.1 Å². The Morgan fingerprint density at radius 1 is 1.04 bits per heavy atom. The first kappa shape index (κ1) is 20.2. The monoisotopic (exact) mass is 401 g/mol. The molecule has 2 aromatic rings. The second-order valence-corrected chi connectivity index (χ2v) is 10.1. The zero-order chi connectivity index (χ0) is 19.1. The van der Waals surface area contributed by atoms with Crippen molar-refractivity contribution in [3.05, 3.63) is 83.3 Å². The Labute approximate surface area is 167 Å². The molecule has 1 fully saturated rings. The minimum atomic E-state index is -3.32. The summed E-state index contributed by atoms with van der Waals surface area (Å²) in [4.78, 5) is 0.984. The molecule has 0 bridgehead atoms. The van der Waals surface area contributed by atoms with E-state index in [-0.39, 0.29) is 11.8 Å². The highest BCUT2D eigenvalue weighted by Crippen LogP contribution is 2.33. The van der Waals surface area contributed by atoms with Gasteiger partial charge in [-0.25, -0.2) is 8.42 Å². The molecule has 27 heavy (non-hydrogen) atoms. The summed E-state index contributed by atoms with van der Waals surface area (Å²) >= 11 is 1.72. The number of aryl methyl sites for hydroxylation is 1. The van der Waals surface area contributed by atoms with Crippen LogP contribution in [0.2, 0.25) is 0 Å². The van der Waals surface area contributed by atoms with Gasteiger partial charge in [0.2, 0.25) is 10.0 Å². The van der Waals surface area contributed by atoms with Crippen LogP contribution in [0.5, 0.6) is 0 Å². The molecule has 0 radical (unpaired) electrons. The Kier molecular flexibility index (Phi) is 7.16. The molecule has 0 aromatic heterocycles. The summed E-state index contributed by atoms with van der Waals surface area (Å²) in [5, 5.41) is 0. The van der Waals surface area contributed by atoms with Crippen LogP contribution < -0.4 is 0 Å². The number of benzene rings is 2. The lowest BCUT2D eigenvalue weighted by atomic mass is 10.1. The van der Waals surface area contributed by atoms with E-state index in [9.17, 15) is 8.42 Å². The van der Waals surface area contributed by atoms with Gasteiger partial charge in [-0.2, -0.15) is 4.31 Å². The second-order valence-electron chi connectivity index (χ2n) is 6.91. The maximum absolute atomic E-state index is 12.9. The van der Waals surface area contributed by atoms with Crippen LogP contribution in [0.3, 0.4) is 0 Å². The average molecular weight is 402 g/mol. The molecule has 3 rings (SSSR count). The maximum Gasteiger partial charge on any atom is 0.218 e. The number of hydrogen-bond acceptors (Lipinski definition) is 3. The maximum atomic E-state index is 12.9. The average Bonchev–Trinajstić information content (AvgIpc) is 3.17. The predicted octanol–water partition coefficient (Wildman–Crippen LogP) is 4.86. The fourth-order valence-corrected chi connectivity index (χ4v) is 6.35. The number of thioether (sulfide) groups is 1. The van der Waals surface area contributed by atoms with Crippen LogP contribution in [-0.2, 0) is 22.2 Å². The van der Waals surface area contributed by atoms with E-state index in [4.69, 9.17) is 0 Å². The van der Waals surface area contributed by atoms with Gasteiger partial charge in [-0.05, 0) is 47.5 Å². The van der Waals surface area contributed by atoms with E-state index in [1.54, 1.807) is 16.1 Å². The Balaban J connectivity index is 1.53. The SMILES string of the molecule is C=C(SCCCc1ccccc1)C1CCCN1S(=O)(=O)Cc1ccccc1. The van der Waals surface area contributed by atoms with Crippen molar-refractivity contribution in [1.29, 1.82) is 0 Å². The lowest BCUT2D eigenvalue weighted by Gasteiger charge is -2.25. The minimum absolute atomic E-state index is 0.0658. The molecule has 2 aromatic carbocycles. The van der Waals surface area contributed by atoms with Gasteiger partial charge in [0.1, 0.15) is 0 Å². The molecule has 0 spiro atoms. The number of sulfonamides is 1. The van der Waals surface area contributed by atoms with Gasteiger partial charge in [0.05, 0.1) is 11.8 Å². The fraction of sp³-hybridized carbons (Fsp3) is 0.364. The largest absolute Gasteiger partial charge is 0.218 e. The molecule has 5 heteroatoms. The third-order valence-corrected chi connectivity index (χ3v) is 7.85. The van der Waals surface area contributed by atoms with E-state index in [1.165, 1.54) is 5.56 Å². The van der Waals surface area contributed by atoms with Gasteiger partial charge in [-0.15, -0.1) is 11.8 Å². The molecule has 3 nitrogen and oxygen atoms in total. The number of hydrogen-bond donors (Lipinski definition) is 0. The molecule has 1 heterocycles. The summed E-state index contributed by atoms with van der Waals surface area (Å²) in [5.74, 6) is 1.03. The van der Waals surface area contributed by atoms with E-state index in [1.807, 2.05) is 36.4 Å². The molecule has 0 N–H and O–H groups in total. The predicted molar refractivity (Wildman–Crippen MR) is 115 cm³/mol. The van der Waals surface area contributed by atoms with Crippen molar-refractivity contribution in [3.8, 4) is 0 Å². The van der Waals surface area contributed by atoms with E-state index in [0.29, 0.717) is 6.54 Å². The molecule has 1 saturated heterocycles. The summed E-state index contributed by atoms with van der Waals surface area (Å²) in [5.41, 5.74) is 2.18. The quantitative estimate of drug-likeness (QED) is 0.563. The lowest BCUT2D eigenvalue weighted by molar-refractivity contribution is 0.429. The molecule has 144 valence electrons. The van der Waals surface area contributed by atoms with Gasteiger partial charge in [0.15, 0.2) is 0 Å². The van der Waals surface area contributed by atoms with Crippen LogP contribution in [0.1, 0.15) is 30.4 Å². The number of rotatable bonds is 9. The van der Waals surface area contributed by atoms with E-state index in [0.717, 1.165) is 41.9 Å². The van der Waals surface area contributed by atoms with Gasteiger partial charge in [-0.1, -0.05) is 67.2 Å². The molecule has 1 aliphatic heterocycles. The summed E-state index contributed by atoms with van der Waals surface area (Å²) in [6.07, 6.45) is 3.89. The van der Waals surface area contributed by atoms with Gasteiger partial charge < -0.3 is 0 Å². The van der Waals surface area contributed by atoms with Crippen molar-refractivity contribution in [2.75, 3.05) is 12.3 Å². The van der Waals surface area contributed by atoms with Crippen LogP contribution in [0.15, 0.2) is 72.1 Å². The molecular weight excluding hydrogens is 374 g/mol. The van der Waals surface area contributed by atoms with Gasteiger partial charge in [0.25, 0.3) is 0 Å². The Morgan fingerprint density at radius 2 is 1.67 bits per heavy atom. The third-order valence-electron chi connectivity index (χ3n) is 4.86. The third kappa shape index (κ3) is 5.71. The molecule has 1 atom stereocenters. The van der Waals surface area contributed by atoms with Crippen molar-refractivity contribution >= 4 is 21.8 Å². The lowest BCUT2D eigenvalue weighted by Crippen LogP contribution is -2.36. The van der Waals surface area contributed by atoms with Gasteiger partial charge in [0, 0.05) is 6.54 Å². The van der Waals surface area contributed by atoms with Crippen molar-refractivity contribution in [2.45, 2.75) is 37.5 Å². The summed E-state index contributed by atoms with van der Waals surface area (Å²) in [7, 11) is -3.32. The zero-order valence-corrected chi connectivity index (χ0v) is 17.2. The van der Waals surface area contributed by atoms with E-state index in [2.05, 4.69) is 30.8 Å². The first-order chi connectivity index (χ1) is 13.1. The molecular formula is C22H27NO2S2. The molecule has 0 saturated carbocycles. The normalized spacial score (nSPS) is 17.9. The Bertz CT molecular complexity index is 835. The van der Waals surface area contributed by atoms with Crippen LogP contribution in [0, 0.1) is 0 Å². The van der Waals surface area contributed by atoms with Crippen LogP contribution >= 0.6 is 11.8 Å². The molecule has 0 amide bonds. The Morgan fingerprint density at radius 3 is 2.33 bits per heavy atom. The van der Waals surface area contributed by atoms with E-state index < -0.39 is 10.0 Å². The minimum Gasteiger partial charge on any atom is -0.212 e. The highest BCUT2D eigenvalue weighted by molar-refractivity contribution is 8.03. The topological polar surface area (TPSA) is 37.4 Å². The summed E-state index contributed by atoms with van der Waals surface area (Å²) < 4.78 is 27.5. The summed E-state index contributed by atoms with van der Waals surface area (Å²) in [6.45, 7) is 4.81. The first-order valence-electron chi connectivity index (χ1n) is 9.45. The van der Waals surface area contributed by atoms with Crippen molar-refractivity contribution in [2.24, 2.45) is 0 Å². The fourth-order valence-electron chi connectivity index (χ4n) is 3.48. The number of nitrogens with zero attached hydrogens (tertiary/aromatic N) is 1. The second kappa shape index (κ2) is 9.58. The van der Waals surface area contributed by atoms with Crippen LogP contribution in [0.25, 0.3) is 0 Å². The van der Waals surface area contributed by atoms with Crippen molar-refractivity contribution in [3.63, 3.8) is 0 Å². The highest BCUT2D eigenvalue weighted by atomic mass is 32.2. The summed E-state index contributed by atoms with van der Waals surface area (Å²) in [6, 6.07) is 19.8. The van der Waals surface area contributed by atoms with Gasteiger partial charge in [-0.3, -0.25) is 0 Å². The van der Waals surface area contributed by atoms with Gasteiger partial charge >= 0.3 is 0 Å². The first-order valence-corrected chi connectivity index (χ1v) is 12.0. The van der Waals surface area contributed by atoms with Crippen molar-refractivity contribution < 1.29 is 8.42 Å². The standard InChI is InChI=1S/C22H27NO2S2/c1-19(26-17-9-14-20-10-4-2-5-11-20)22-15-8-16-23(22)27(24,25)18-21-12-6-3-7-13-21/h2-7,10-13,22H,1,8-9,14-18H2. The van der Waals surface area contributed by atoms with Crippen LogP contribution in [0.4, 0.5) is 0 Å². The Hall–Kier alpha value is -1.56.